The Hall–Kier alpha value is -0.160. The van der Waals surface area contributed by atoms with E-state index >= 15 is 0 Å². The Morgan fingerprint density at radius 1 is 0.222 bits per heavy atom. The van der Waals surface area contributed by atoms with Gasteiger partial charge in [-0.1, -0.05) is 173 Å². The van der Waals surface area contributed by atoms with E-state index in [4.69, 9.17) is 9.47 Å². The number of rotatable bonds is 0. The standard InChI is InChI=1S/C5H11N.C5H10O.C4H9N.C4H8O.8C4H10/c2*1-2-4-6-5-3-1;2*1-2-4-5-3-1;8*1-4(2)3/h6H,1-5H2;1-5H2;5H,1-4H2;1-4H2;8*4H,1-3H3. The summed E-state index contributed by atoms with van der Waals surface area (Å²) in [5, 5.41) is 6.51. The third-order valence-corrected chi connectivity index (χ3v) is 4.07. The van der Waals surface area contributed by atoms with Crippen LogP contribution in [0, 0.1) is 47.3 Å². The third kappa shape index (κ3) is 281. The summed E-state index contributed by atoms with van der Waals surface area (Å²) in [7, 11) is 0. The van der Waals surface area contributed by atoms with Gasteiger partial charge in [0.1, 0.15) is 0 Å². The third-order valence-electron chi connectivity index (χ3n) is 4.07. The van der Waals surface area contributed by atoms with E-state index in [9.17, 15) is 0 Å². The van der Waals surface area contributed by atoms with Crippen LogP contribution in [0.3, 0.4) is 0 Å². The van der Waals surface area contributed by atoms with E-state index in [1.54, 1.807) is 0 Å². The molecular formula is C50H118N2O2. The Morgan fingerprint density at radius 2 is 0.352 bits per heavy atom. The van der Waals surface area contributed by atoms with Gasteiger partial charge in [-0.3, -0.25) is 0 Å². The van der Waals surface area contributed by atoms with Crippen molar-refractivity contribution in [2.24, 2.45) is 47.3 Å². The summed E-state index contributed by atoms with van der Waals surface area (Å²) >= 11 is 0. The molecule has 4 heterocycles. The molecule has 340 valence electrons. The summed E-state index contributed by atoms with van der Waals surface area (Å²) in [4.78, 5) is 0. The van der Waals surface area contributed by atoms with E-state index in [1.807, 2.05) is 0 Å². The normalized spacial score (nSPS) is 15.1. The van der Waals surface area contributed by atoms with Gasteiger partial charge in [-0.2, -0.15) is 0 Å². The summed E-state index contributed by atoms with van der Waals surface area (Å²) in [6, 6.07) is 0. The first-order chi connectivity index (χ1) is 24.9. The fraction of sp³-hybridized carbons (Fsp3) is 1.00. The Balaban J connectivity index is -0.0000000716. The van der Waals surface area contributed by atoms with Crippen LogP contribution >= 0.6 is 0 Å². The van der Waals surface area contributed by atoms with Crippen molar-refractivity contribution in [2.75, 3.05) is 52.6 Å². The minimum atomic E-state index is 0.833. The molecule has 4 rings (SSSR count). The summed E-state index contributed by atoms with van der Waals surface area (Å²) < 4.78 is 10.0. The SMILES string of the molecule is C1CCNC1.C1CCNCC1.C1CCOC1.C1CCOCC1.CC(C)C.CC(C)C.CC(C)C.CC(C)C.CC(C)C.CC(C)C.CC(C)C.CC(C)C. The minimum absolute atomic E-state index is 0.833. The molecule has 0 aromatic carbocycles. The molecule has 2 N–H and O–H groups in total. The second-order valence-corrected chi connectivity index (χ2v) is 20.1. The summed E-state index contributed by atoms with van der Waals surface area (Å²) in [6.07, 6.45) is 13.5. The van der Waals surface area contributed by atoms with Crippen molar-refractivity contribution in [3.63, 3.8) is 0 Å². The average Bonchev–Trinajstić information content (AvgIpc) is 3.78. The number of hydrogen-bond acceptors (Lipinski definition) is 4. The van der Waals surface area contributed by atoms with Crippen LogP contribution in [0.2, 0.25) is 0 Å². The van der Waals surface area contributed by atoms with Gasteiger partial charge in [0.05, 0.1) is 0 Å². The van der Waals surface area contributed by atoms with E-state index in [1.165, 1.54) is 90.4 Å². The van der Waals surface area contributed by atoms with Crippen LogP contribution in [-0.2, 0) is 9.47 Å². The van der Waals surface area contributed by atoms with Gasteiger partial charge in [0.15, 0.2) is 0 Å². The molecule has 4 saturated heterocycles. The average molecular weight is 780 g/mol. The molecule has 0 atom stereocenters. The van der Waals surface area contributed by atoms with Crippen LogP contribution in [0.4, 0.5) is 0 Å². The zero-order valence-electron chi connectivity index (χ0n) is 43.2. The van der Waals surface area contributed by atoms with Gasteiger partial charge in [0, 0.05) is 26.4 Å². The molecule has 0 aromatic rings. The summed E-state index contributed by atoms with van der Waals surface area (Å²) in [5.41, 5.74) is 0. The first-order valence-corrected chi connectivity index (χ1v) is 23.4. The van der Waals surface area contributed by atoms with Gasteiger partial charge in [0.2, 0.25) is 0 Å². The molecule has 54 heavy (non-hydrogen) atoms. The van der Waals surface area contributed by atoms with Gasteiger partial charge >= 0.3 is 0 Å². The molecular weight excluding hydrogens is 661 g/mol. The topological polar surface area (TPSA) is 42.5 Å². The van der Waals surface area contributed by atoms with Crippen LogP contribution in [0.5, 0.6) is 0 Å². The second kappa shape index (κ2) is 67.6. The van der Waals surface area contributed by atoms with Crippen molar-refractivity contribution < 1.29 is 9.47 Å². The molecule has 0 unspecified atom stereocenters. The maximum Gasteiger partial charge on any atom is 0.0466 e. The Labute approximate surface area is 349 Å². The van der Waals surface area contributed by atoms with Crippen LogP contribution in [0.25, 0.3) is 0 Å². The largest absolute Gasteiger partial charge is 0.381 e. The van der Waals surface area contributed by atoms with Crippen molar-refractivity contribution in [3.8, 4) is 0 Å². The molecule has 0 radical (unpaired) electrons. The number of ether oxygens (including phenoxy) is 2. The van der Waals surface area contributed by atoms with Crippen LogP contribution in [-0.4, -0.2) is 52.6 Å². The molecule has 0 spiro atoms. The van der Waals surface area contributed by atoms with Crippen molar-refractivity contribution in [2.45, 2.75) is 230 Å². The minimum Gasteiger partial charge on any atom is -0.381 e. The zero-order valence-corrected chi connectivity index (χ0v) is 43.2. The highest BCUT2D eigenvalue weighted by atomic mass is 16.5. The predicted octanol–water partition coefficient (Wildman–Crippen LogP) is 16.4. The smallest absolute Gasteiger partial charge is 0.0466 e. The lowest BCUT2D eigenvalue weighted by Crippen LogP contribution is -2.21. The van der Waals surface area contributed by atoms with Gasteiger partial charge < -0.3 is 20.1 Å². The van der Waals surface area contributed by atoms with Crippen molar-refractivity contribution in [3.05, 3.63) is 0 Å². The first kappa shape index (κ1) is 71.5. The fourth-order valence-corrected chi connectivity index (χ4v) is 2.62. The molecule has 4 nitrogen and oxygen atoms in total. The molecule has 0 aromatic heterocycles. The Morgan fingerprint density at radius 3 is 0.426 bits per heavy atom. The highest BCUT2D eigenvalue weighted by Crippen LogP contribution is 2.02. The molecule has 0 amide bonds. The Kier molecular flexibility index (Phi) is 89.5. The maximum absolute atomic E-state index is 5.07. The summed E-state index contributed by atoms with van der Waals surface area (Å²) in [5.74, 6) is 6.67. The molecule has 4 fully saturated rings. The molecule has 4 aliphatic rings. The van der Waals surface area contributed by atoms with Crippen molar-refractivity contribution >= 4 is 0 Å². The second-order valence-electron chi connectivity index (χ2n) is 20.1. The molecule has 0 aliphatic carbocycles. The number of nitrogens with one attached hydrogen (secondary N) is 2. The number of hydrogen-bond donors (Lipinski definition) is 2. The van der Waals surface area contributed by atoms with E-state index < -0.39 is 0 Å². The van der Waals surface area contributed by atoms with E-state index in [0.717, 1.165) is 73.8 Å². The lowest BCUT2D eigenvalue weighted by Gasteiger charge is -2.08. The van der Waals surface area contributed by atoms with Gasteiger partial charge in [-0.15, -0.1) is 0 Å². The van der Waals surface area contributed by atoms with Crippen molar-refractivity contribution in [1.82, 2.24) is 10.6 Å². The number of piperidine rings is 1. The van der Waals surface area contributed by atoms with Crippen molar-refractivity contribution in [1.29, 1.82) is 0 Å². The fourth-order valence-electron chi connectivity index (χ4n) is 2.62. The first-order valence-electron chi connectivity index (χ1n) is 23.4. The quantitative estimate of drug-likeness (QED) is 0.257. The molecule has 0 bridgehead atoms. The van der Waals surface area contributed by atoms with E-state index in [0.29, 0.717) is 0 Å². The lowest BCUT2D eigenvalue weighted by atomic mass is 10.2. The van der Waals surface area contributed by atoms with Gasteiger partial charge in [-0.25, -0.2) is 0 Å². The molecule has 4 heteroatoms. The predicted molar refractivity (Wildman–Crippen MR) is 258 cm³/mol. The molecule has 0 saturated carbocycles. The monoisotopic (exact) mass is 779 g/mol. The van der Waals surface area contributed by atoms with Crippen LogP contribution < -0.4 is 10.6 Å². The van der Waals surface area contributed by atoms with Gasteiger partial charge in [0.25, 0.3) is 0 Å². The Bertz CT molecular complexity index is 346. The summed E-state index contributed by atoms with van der Waals surface area (Å²) in [6.45, 7) is 61.0. The van der Waals surface area contributed by atoms with E-state index in [-0.39, 0.29) is 0 Å². The highest BCUT2D eigenvalue weighted by molar-refractivity contribution is 4.56. The lowest BCUT2D eigenvalue weighted by molar-refractivity contribution is 0.0968. The zero-order chi connectivity index (χ0) is 44.2. The van der Waals surface area contributed by atoms with E-state index in [2.05, 4.69) is 177 Å². The molecule has 4 aliphatic heterocycles. The maximum atomic E-state index is 5.07. The van der Waals surface area contributed by atoms with Crippen LogP contribution in [0.15, 0.2) is 0 Å². The van der Waals surface area contributed by atoms with Crippen LogP contribution in [0.1, 0.15) is 230 Å². The van der Waals surface area contributed by atoms with Gasteiger partial charge in [-0.05, 0) is 131 Å². The highest BCUT2D eigenvalue weighted by Gasteiger charge is 1.96.